The van der Waals surface area contributed by atoms with Gasteiger partial charge in [0.15, 0.2) is 11.5 Å². The second-order valence-corrected chi connectivity index (χ2v) is 7.52. The van der Waals surface area contributed by atoms with Crippen LogP contribution >= 0.6 is 0 Å². The van der Waals surface area contributed by atoms with E-state index in [1.807, 2.05) is 29.8 Å². The van der Waals surface area contributed by atoms with Crippen LogP contribution in [0, 0.1) is 0 Å². The molecule has 0 radical (unpaired) electrons. The minimum atomic E-state index is -3.29. The van der Waals surface area contributed by atoms with Gasteiger partial charge in [-0.3, -0.25) is 4.31 Å². The highest BCUT2D eigenvalue weighted by molar-refractivity contribution is 7.92. The molecule has 0 aliphatic heterocycles. The van der Waals surface area contributed by atoms with Crippen molar-refractivity contribution >= 4 is 32.7 Å². The molecule has 0 atom stereocenters. The maximum atomic E-state index is 11.7. The molecule has 2 aromatic heterocycles. The Kier molecular flexibility index (Phi) is 4.10. The van der Waals surface area contributed by atoms with E-state index < -0.39 is 10.0 Å². The number of imidazole rings is 1. The van der Waals surface area contributed by atoms with E-state index in [1.165, 1.54) is 23.9 Å². The number of aryl methyl sites for hydroxylation is 1. The van der Waals surface area contributed by atoms with Crippen LogP contribution in [-0.4, -0.2) is 41.2 Å². The van der Waals surface area contributed by atoms with Gasteiger partial charge >= 0.3 is 0 Å². The summed E-state index contributed by atoms with van der Waals surface area (Å²) < 4.78 is 26.4. The van der Waals surface area contributed by atoms with Gasteiger partial charge in [0.2, 0.25) is 10.0 Å². The Balaban J connectivity index is 1.82. The fourth-order valence-electron chi connectivity index (χ4n) is 2.31. The predicted molar refractivity (Wildman–Crippen MR) is 93.3 cm³/mol. The van der Waals surface area contributed by atoms with Gasteiger partial charge < -0.3 is 9.88 Å². The molecule has 9 heteroatoms. The first-order valence-corrected chi connectivity index (χ1v) is 9.10. The molecule has 0 amide bonds. The van der Waals surface area contributed by atoms with Crippen molar-refractivity contribution in [3.05, 3.63) is 42.5 Å². The Morgan fingerprint density at radius 3 is 2.79 bits per heavy atom. The van der Waals surface area contributed by atoms with E-state index in [4.69, 9.17) is 0 Å². The summed E-state index contributed by atoms with van der Waals surface area (Å²) in [7, 11) is 0.117. The number of benzene rings is 1. The van der Waals surface area contributed by atoms with Crippen molar-refractivity contribution in [3.63, 3.8) is 0 Å². The molecule has 3 aromatic rings. The Bertz CT molecular complexity index is 983. The van der Waals surface area contributed by atoms with Gasteiger partial charge in [0.05, 0.1) is 18.3 Å². The zero-order chi connectivity index (χ0) is 17.3. The van der Waals surface area contributed by atoms with E-state index in [1.54, 1.807) is 12.4 Å². The van der Waals surface area contributed by atoms with E-state index in [0.29, 0.717) is 23.6 Å². The van der Waals surface area contributed by atoms with E-state index in [-0.39, 0.29) is 0 Å². The zero-order valence-electron chi connectivity index (χ0n) is 13.6. The van der Waals surface area contributed by atoms with Gasteiger partial charge in [-0.2, -0.15) is 0 Å². The molecule has 0 fully saturated rings. The van der Waals surface area contributed by atoms with Crippen LogP contribution in [-0.2, 0) is 23.6 Å². The number of hydrogen-bond donors (Lipinski definition) is 1. The molecule has 0 bridgehead atoms. The van der Waals surface area contributed by atoms with E-state index in [0.717, 1.165) is 11.2 Å². The highest BCUT2D eigenvalue weighted by Crippen LogP contribution is 2.20. The van der Waals surface area contributed by atoms with E-state index in [2.05, 4.69) is 20.3 Å². The highest BCUT2D eigenvalue weighted by atomic mass is 32.2. The first kappa shape index (κ1) is 16.2. The molecule has 2 heterocycles. The molecule has 0 unspecified atom stereocenters. The largest absolute Gasteiger partial charge is 0.364 e. The van der Waals surface area contributed by atoms with E-state index in [9.17, 15) is 8.42 Å². The number of aromatic nitrogens is 4. The van der Waals surface area contributed by atoms with Crippen molar-refractivity contribution in [3.8, 4) is 0 Å². The molecule has 0 aliphatic carbocycles. The molecular weight excluding hydrogens is 328 g/mol. The fourth-order valence-corrected chi connectivity index (χ4v) is 2.81. The lowest BCUT2D eigenvalue weighted by atomic mass is 10.2. The summed E-state index contributed by atoms with van der Waals surface area (Å²) in [5.41, 5.74) is 3.00. The fraction of sp³-hybridized carbons (Fsp3) is 0.267. The average molecular weight is 346 g/mol. The quantitative estimate of drug-likeness (QED) is 0.750. The van der Waals surface area contributed by atoms with Crippen molar-refractivity contribution in [2.24, 2.45) is 7.05 Å². The summed E-state index contributed by atoms with van der Waals surface area (Å²) >= 11 is 0. The van der Waals surface area contributed by atoms with Crippen LogP contribution in [0.15, 0.2) is 36.9 Å². The Labute approximate surface area is 140 Å². The van der Waals surface area contributed by atoms with Crippen LogP contribution in [0.1, 0.15) is 5.56 Å². The van der Waals surface area contributed by atoms with Gasteiger partial charge in [-0.05, 0) is 17.7 Å². The van der Waals surface area contributed by atoms with Gasteiger partial charge in [0.25, 0.3) is 0 Å². The molecule has 8 nitrogen and oxygen atoms in total. The van der Waals surface area contributed by atoms with Crippen LogP contribution < -0.4 is 9.62 Å². The number of sulfonamides is 1. The molecule has 24 heavy (non-hydrogen) atoms. The molecule has 3 rings (SSSR count). The third kappa shape index (κ3) is 3.16. The zero-order valence-corrected chi connectivity index (χ0v) is 14.4. The van der Waals surface area contributed by atoms with E-state index >= 15 is 0 Å². The first-order valence-electron chi connectivity index (χ1n) is 7.25. The molecule has 0 spiro atoms. The number of hydrogen-bond acceptors (Lipinski definition) is 6. The van der Waals surface area contributed by atoms with Gasteiger partial charge in [0, 0.05) is 20.6 Å². The molecule has 0 aliphatic rings. The number of nitrogens with one attached hydrogen (secondary N) is 1. The SMILES string of the molecule is CN(c1cccc(CNc2ncnc3c2ncn3C)c1)S(C)(=O)=O. The van der Waals surface area contributed by atoms with Crippen LogP contribution in [0.2, 0.25) is 0 Å². The van der Waals surface area contributed by atoms with Crippen LogP contribution in [0.5, 0.6) is 0 Å². The Morgan fingerprint density at radius 2 is 2.04 bits per heavy atom. The summed E-state index contributed by atoms with van der Waals surface area (Å²) in [5, 5.41) is 3.23. The normalized spacial score (nSPS) is 11.6. The van der Waals surface area contributed by atoms with Crippen molar-refractivity contribution in [2.75, 3.05) is 22.9 Å². The summed E-state index contributed by atoms with van der Waals surface area (Å²) in [6.45, 7) is 0.494. The third-order valence-corrected chi connectivity index (χ3v) is 4.93. The van der Waals surface area contributed by atoms with Crippen molar-refractivity contribution in [2.45, 2.75) is 6.54 Å². The molecular formula is C15H18N6O2S. The molecule has 1 N–H and O–H groups in total. The van der Waals surface area contributed by atoms with Gasteiger partial charge in [0.1, 0.15) is 11.8 Å². The van der Waals surface area contributed by atoms with Gasteiger partial charge in [-0.15, -0.1) is 0 Å². The number of anilines is 2. The minimum absolute atomic E-state index is 0.494. The summed E-state index contributed by atoms with van der Waals surface area (Å²) in [6, 6.07) is 7.32. The number of rotatable bonds is 5. The number of nitrogens with zero attached hydrogens (tertiary/aromatic N) is 5. The standard InChI is InChI=1S/C15H18N6O2S/c1-20-10-19-13-14(17-9-18-15(13)20)16-8-11-5-4-6-12(7-11)21(2)24(3,22)23/h4-7,9-10H,8H2,1-3H3,(H,16,17,18). The van der Waals surface area contributed by atoms with Gasteiger partial charge in [-0.1, -0.05) is 12.1 Å². The van der Waals surface area contributed by atoms with Crippen LogP contribution in [0.4, 0.5) is 11.5 Å². The minimum Gasteiger partial charge on any atom is -0.364 e. The number of fused-ring (bicyclic) bond motifs is 1. The molecule has 1 aromatic carbocycles. The average Bonchev–Trinajstić information content (AvgIpc) is 2.94. The Morgan fingerprint density at radius 1 is 1.25 bits per heavy atom. The maximum absolute atomic E-state index is 11.7. The predicted octanol–water partition coefficient (Wildman–Crippen LogP) is 1.37. The van der Waals surface area contributed by atoms with Crippen molar-refractivity contribution in [1.29, 1.82) is 0 Å². The maximum Gasteiger partial charge on any atom is 0.231 e. The van der Waals surface area contributed by atoms with Crippen molar-refractivity contribution in [1.82, 2.24) is 19.5 Å². The molecule has 126 valence electrons. The highest BCUT2D eigenvalue weighted by Gasteiger charge is 2.12. The summed E-state index contributed by atoms with van der Waals surface area (Å²) in [4.78, 5) is 12.7. The van der Waals surface area contributed by atoms with Crippen molar-refractivity contribution < 1.29 is 8.42 Å². The molecule has 0 saturated carbocycles. The lowest BCUT2D eigenvalue weighted by molar-refractivity contribution is 0.600. The van der Waals surface area contributed by atoms with Gasteiger partial charge in [-0.25, -0.2) is 23.4 Å². The first-order chi connectivity index (χ1) is 11.4. The monoisotopic (exact) mass is 346 g/mol. The molecule has 0 saturated heterocycles. The third-order valence-electron chi connectivity index (χ3n) is 3.73. The lowest BCUT2D eigenvalue weighted by Crippen LogP contribution is -2.24. The summed E-state index contributed by atoms with van der Waals surface area (Å²) in [5.74, 6) is 0.641. The Hall–Kier alpha value is -2.68. The van der Waals surface area contributed by atoms with Crippen LogP contribution in [0.3, 0.4) is 0 Å². The smallest absolute Gasteiger partial charge is 0.231 e. The summed E-state index contributed by atoms with van der Waals surface area (Å²) in [6.07, 6.45) is 4.35. The van der Waals surface area contributed by atoms with Crippen LogP contribution in [0.25, 0.3) is 11.2 Å². The second-order valence-electron chi connectivity index (χ2n) is 5.50. The topological polar surface area (TPSA) is 93.0 Å². The second kappa shape index (κ2) is 6.08. The lowest BCUT2D eigenvalue weighted by Gasteiger charge is -2.17.